The predicted molar refractivity (Wildman–Crippen MR) is 85.3 cm³/mol. The Labute approximate surface area is 137 Å². The number of carbonyl (C=O) groups is 1. The number of nitrogens with zero attached hydrogens (tertiary/aromatic N) is 1. The van der Waals surface area contributed by atoms with Crippen molar-refractivity contribution in [2.75, 3.05) is 13.1 Å². The van der Waals surface area contributed by atoms with E-state index in [9.17, 15) is 13.2 Å². The minimum atomic E-state index is -4.04. The largest absolute Gasteiger partial charge is 0.457 e. The fourth-order valence-electron chi connectivity index (χ4n) is 2.06. The first-order chi connectivity index (χ1) is 10.6. The van der Waals surface area contributed by atoms with Crippen molar-refractivity contribution in [3.63, 3.8) is 0 Å². The van der Waals surface area contributed by atoms with Gasteiger partial charge in [0.25, 0.3) is 10.1 Å². The van der Waals surface area contributed by atoms with Crippen LogP contribution in [0.1, 0.15) is 32.8 Å². The molecule has 0 aliphatic carbocycles. The molecule has 0 radical (unpaired) electrons. The van der Waals surface area contributed by atoms with E-state index in [1.165, 1.54) is 12.1 Å². The van der Waals surface area contributed by atoms with E-state index in [0.29, 0.717) is 13.1 Å². The molecule has 2 rings (SSSR count). The molecule has 7 heteroatoms. The van der Waals surface area contributed by atoms with Gasteiger partial charge in [0, 0.05) is 13.1 Å². The highest BCUT2D eigenvalue weighted by molar-refractivity contribution is 7.86. The zero-order chi connectivity index (χ0) is 17.3. The van der Waals surface area contributed by atoms with Crippen LogP contribution in [0.15, 0.2) is 29.2 Å². The Morgan fingerprint density at radius 3 is 2.17 bits per heavy atom. The fourth-order valence-corrected chi connectivity index (χ4v) is 3.08. The summed E-state index contributed by atoms with van der Waals surface area (Å²) in [5.74, 6) is -0.687. The molecule has 1 atom stereocenters. The summed E-state index contributed by atoms with van der Waals surface area (Å²) >= 11 is 0. The molecule has 1 fully saturated rings. The van der Waals surface area contributed by atoms with Crippen LogP contribution in [0, 0.1) is 6.92 Å². The van der Waals surface area contributed by atoms with E-state index in [1.54, 1.807) is 37.8 Å². The summed E-state index contributed by atoms with van der Waals surface area (Å²) < 4.78 is 35.3. The van der Waals surface area contributed by atoms with Crippen LogP contribution in [0.3, 0.4) is 0 Å². The molecule has 0 saturated carbocycles. The highest BCUT2D eigenvalue weighted by Crippen LogP contribution is 2.22. The molecule has 0 bridgehead atoms. The lowest BCUT2D eigenvalue weighted by atomic mass is 10.2. The minimum Gasteiger partial charge on any atom is -0.457 e. The molecule has 0 spiro atoms. The van der Waals surface area contributed by atoms with Gasteiger partial charge in [-0.05, 0) is 46.2 Å². The van der Waals surface area contributed by atoms with Gasteiger partial charge in [0.2, 0.25) is 6.23 Å². The van der Waals surface area contributed by atoms with Gasteiger partial charge in [-0.3, -0.25) is 4.90 Å². The van der Waals surface area contributed by atoms with E-state index in [4.69, 9.17) is 8.92 Å². The van der Waals surface area contributed by atoms with Crippen LogP contribution in [-0.2, 0) is 23.8 Å². The summed E-state index contributed by atoms with van der Waals surface area (Å²) in [5.41, 5.74) is 0.229. The second-order valence-corrected chi connectivity index (χ2v) is 8.21. The summed E-state index contributed by atoms with van der Waals surface area (Å²) in [6.45, 7) is 8.26. The highest BCUT2D eigenvalue weighted by atomic mass is 32.2. The third kappa shape index (κ3) is 4.76. The smallest absolute Gasteiger partial charge is 0.352 e. The maximum atomic E-state index is 12.4. The van der Waals surface area contributed by atoms with Gasteiger partial charge in [-0.1, -0.05) is 17.7 Å². The van der Waals surface area contributed by atoms with Crippen LogP contribution in [0.2, 0.25) is 0 Å². The van der Waals surface area contributed by atoms with Crippen molar-refractivity contribution in [3.05, 3.63) is 29.8 Å². The number of hydrogen-bond acceptors (Lipinski definition) is 6. The molecule has 128 valence electrons. The van der Waals surface area contributed by atoms with Crippen LogP contribution >= 0.6 is 0 Å². The summed E-state index contributed by atoms with van der Waals surface area (Å²) in [7, 11) is -4.04. The zero-order valence-corrected chi connectivity index (χ0v) is 14.7. The maximum absolute atomic E-state index is 12.4. The van der Waals surface area contributed by atoms with Gasteiger partial charge < -0.3 is 4.74 Å². The summed E-state index contributed by atoms with van der Waals surface area (Å²) in [6.07, 6.45) is -0.345. The molecule has 23 heavy (non-hydrogen) atoms. The molecule has 1 aromatic rings. The monoisotopic (exact) mass is 341 g/mol. The fraction of sp³-hybridized carbons (Fsp3) is 0.562. The lowest BCUT2D eigenvalue weighted by Crippen LogP contribution is -2.52. The predicted octanol–water partition coefficient (Wildman–Crippen LogP) is 2.07. The van der Waals surface area contributed by atoms with Crippen LogP contribution in [0.5, 0.6) is 0 Å². The van der Waals surface area contributed by atoms with E-state index in [-0.39, 0.29) is 4.90 Å². The van der Waals surface area contributed by atoms with E-state index >= 15 is 0 Å². The minimum absolute atomic E-state index is 0.0252. The Kier molecular flexibility index (Phi) is 5.13. The number of hydrogen-bond donors (Lipinski definition) is 0. The van der Waals surface area contributed by atoms with Gasteiger partial charge in [0.05, 0.1) is 4.90 Å². The first-order valence-electron chi connectivity index (χ1n) is 7.55. The van der Waals surface area contributed by atoms with E-state index in [0.717, 1.165) is 12.0 Å². The Bertz CT molecular complexity index is 657. The molecule has 0 amide bonds. The molecule has 1 heterocycles. The van der Waals surface area contributed by atoms with Gasteiger partial charge in [0.15, 0.2) is 0 Å². The number of carbonyl (C=O) groups excluding carboxylic acids is 1. The SMILES string of the molecule is Cc1ccc(S(=O)(=O)O[C@H](C(=O)OC(C)(C)C)N2CCC2)cc1. The first kappa shape index (κ1) is 17.9. The molecule has 1 aliphatic heterocycles. The van der Waals surface area contributed by atoms with Crippen molar-refractivity contribution in [2.45, 2.75) is 50.8 Å². The number of esters is 1. The molecule has 1 aliphatic rings. The van der Waals surface area contributed by atoms with E-state index in [1.807, 2.05) is 6.92 Å². The number of ether oxygens (including phenoxy) is 1. The van der Waals surface area contributed by atoms with Crippen LogP contribution in [0.4, 0.5) is 0 Å². The van der Waals surface area contributed by atoms with Crippen molar-refractivity contribution in [2.24, 2.45) is 0 Å². The molecular formula is C16H23NO5S. The van der Waals surface area contributed by atoms with Gasteiger partial charge >= 0.3 is 5.97 Å². The van der Waals surface area contributed by atoms with E-state index in [2.05, 4.69) is 0 Å². The maximum Gasteiger partial charge on any atom is 0.352 e. The number of rotatable bonds is 5. The lowest BCUT2D eigenvalue weighted by Gasteiger charge is -2.36. The van der Waals surface area contributed by atoms with Crippen molar-refractivity contribution in [1.82, 2.24) is 4.90 Å². The molecule has 0 aromatic heterocycles. The highest BCUT2D eigenvalue weighted by Gasteiger charge is 2.38. The van der Waals surface area contributed by atoms with Crippen molar-refractivity contribution in [3.8, 4) is 0 Å². The number of benzene rings is 1. The Balaban J connectivity index is 2.20. The molecule has 0 unspecified atom stereocenters. The third-order valence-electron chi connectivity index (χ3n) is 3.36. The quantitative estimate of drug-likeness (QED) is 0.603. The van der Waals surface area contributed by atoms with Gasteiger partial charge in [-0.2, -0.15) is 8.42 Å². The summed E-state index contributed by atoms with van der Waals surface area (Å²) in [5, 5.41) is 0. The van der Waals surface area contributed by atoms with Crippen LogP contribution in [0.25, 0.3) is 0 Å². The standard InChI is InChI=1S/C16H23NO5S/c1-12-6-8-13(9-7-12)23(19,20)22-14(17-10-5-11-17)15(18)21-16(2,3)4/h6-9,14H,5,10-11H2,1-4H3/t14-/m1/s1. The topological polar surface area (TPSA) is 72.9 Å². The molecule has 1 saturated heterocycles. The average Bonchev–Trinajstić information content (AvgIpc) is 2.34. The number of likely N-dealkylation sites (tertiary alicyclic amines) is 1. The van der Waals surface area contributed by atoms with Gasteiger partial charge in [-0.15, -0.1) is 0 Å². The zero-order valence-electron chi connectivity index (χ0n) is 13.9. The first-order valence-corrected chi connectivity index (χ1v) is 8.96. The lowest BCUT2D eigenvalue weighted by molar-refractivity contribution is -0.176. The molecular weight excluding hydrogens is 318 g/mol. The Hall–Kier alpha value is -1.44. The Morgan fingerprint density at radius 1 is 1.17 bits per heavy atom. The molecule has 0 N–H and O–H groups in total. The normalized spacial score (nSPS) is 17.4. The second kappa shape index (κ2) is 6.59. The van der Waals surface area contributed by atoms with Crippen molar-refractivity contribution >= 4 is 16.1 Å². The molecule has 1 aromatic carbocycles. The van der Waals surface area contributed by atoms with Gasteiger partial charge in [0.1, 0.15) is 5.60 Å². The van der Waals surface area contributed by atoms with Gasteiger partial charge in [-0.25, -0.2) is 8.98 Å². The summed E-state index contributed by atoms with van der Waals surface area (Å²) in [6, 6.07) is 6.30. The molecule has 6 nitrogen and oxygen atoms in total. The Morgan fingerprint density at radius 2 is 1.74 bits per heavy atom. The second-order valence-electron chi connectivity index (χ2n) is 6.64. The third-order valence-corrected chi connectivity index (χ3v) is 4.64. The average molecular weight is 341 g/mol. The van der Waals surface area contributed by atoms with Crippen molar-refractivity contribution in [1.29, 1.82) is 0 Å². The van der Waals surface area contributed by atoms with Crippen LogP contribution in [-0.4, -0.2) is 44.2 Å². The number of aryl methyl sites for hydroxylation is 1. The van der Waals surface area contributed by atoms with Crippen molar-refractivity contribution < 1.29 is 22.1 Å². The van der Waals surface area contributed by atoms with E-state index < -0.39 is 27.9 Å². The van der Waals surface area contributed by atoms with Crippen LogP contribution < -0.4 is 0 Å². The summed E-state index contributed by atoms with van der Waals surface area (Å²) in [4.78, 5) is 14.0.